The van der Waals surface area contributed by atoms with Crippen LogP contribution in [0.25, 0.3) is 0 Å². The molecule has 0 rings (SSSR count). The fourth-order valence-corrected chi connectivity index (χ4v) is 0.562. The summed E-state index contributed by atoms with van der Waals surface area (Å²) in [5.41, 5.74) is 0. The molecular weight excluding hydrogens is 144 g/mol. The smallest absolute Gasteiger partial charge is 0.307 e. The molecule has 0 saturated heterocycles. The van der Waals surface area contributed by atoms with Gasteiger partial charge in [0.1, 0.15) is 5.94 Å². The zero-order valence-electron chi connectivity index (χ0n) is 4.33. The third-order valence-corrected chi connectivity index (χ3v) is 0.894. The van der Waals surface area contributed by atoms with Crippen molar-refractivity contribution in [3.05, 3.63) is 0 Å². The Morgan fingerprint density at radius 2 is 2.12 bits per heavy atom. The first-order valence-corrected chi connectivity index (χ1v) is 3.45. The van der Waals surface area contributed by atoms with Gasteiger partial charge in [0.25, 0.3) is 0 Å². The monoisotopic (exact) mass is 152 g/mol. The summed E-state index contributed by atoms with van der Waals surface area (Å²) in [5.74, 6) is 0.453. The van der Waals surface area contributed by atoms with E-state index in [0.717, 1.165) is 0 Å². The maximum atomic E-state index is 10.3. The Morgan fingerprint density at radius 3 is 2.50 bits per heavy atom. The average Bonchev–Trinajstić information content (AvgIpc) is 1.68. The van der Waals surface area contributed by atoms with E-state index in [0.29, 0.717) is 12.2 Å². The minimum absolute atomic E-state index is 0.159. The van der Waals surface area contributed by atoms with E-state index in [1.54, 1.807) is 0 Å². The lowest BCUT2D eigenvalue weighted by atomic mass is 10.5. The molecule has 0 aliphatic rings. The van der Waals surface area contributed by atoms with Gasteiger partial charge in [0.15, 0.2) is 0 Å². The van der Waals surface area contributed by atoms with Gasteiger partial charge in [-0.05, 0) is 0 Å². The molecule has 0 amide bonds. The van der Waals surface area contributed by atoms with Crippen LogP contribution in [-0.4, -0.2) is 17.7 Å². The van der Waals surface area contributed by atoms with Crippen molar-refractivity contribution in [1.82, 2.24) is 0 Å². The summed E-state index contributed by atoms with van der Waals surface area (Å²) >= 11 is 7.51. The second kappa shape index (κ2) is 5.31. The van der Waals surface area contributed by atoms with Crippen LogP contribution in [0.3, 0.4) is 0 Å². The first kappa shape index (κ1) is 8.17. The van der Waals surface area contributed by atoms with Crippen LogP contribution in [0, 0.1) is 0 Å². The molecule has 0 fully saturated rings. The van der Waals surface area contributed by atoms with Crippen molar-refractivity contribution in [1.29, 1.82) is 0 Å². The van der Waals surface area contributed by atoms with E-state index in [-0.39, 0.29) is 11.9 Å². The van der Waals surface area contributed by atoms with Crippen LogP contribution in [0.5, 0.6) is 0 Å². The lowest BCUT2D eigenvalue weighted by molar-refractivity contribution is -0.140. The molecule has 2 nitrogen and oxygen atoms in total. The van der Waals surface area contributed by atoms with Crippen LogP contribution in [0.2, 0.25) is 0 Å². The SMILES string of the molecule is O=C(CCS)OCS. The zero-order valence-corrected chi connectivity index (χ0v) is 6.12. The maximum absolute atomic E-state index is 10.3. The highest BCUT2D eigenvalue weighted by Crippen LogP contribution is 1.88. The summed E-state index contributed by atoms with van der Waals surface area (Å²) in [6.07, 6.45) is 0.365. The predicted octanol–water partition coefficient (Wildman–Crippen LogP) is 0.737. The Balaban J connectivity index is 3.06. The molecule has 48 valence electrons. The molecule has 0 aliphatic heterocycles. The second-order valence-corrected chi connectivity index (χ2v) is 1.82. The molecule has 0 aliphatic carbocycles. The van der Waals surface area contributed by atoms with Crippen LogP contribution in [0.15, 0.2) is 0 Å². The van der Waals surface area contributed by atoms with Crippen molar-refractivity contribution in [2.24, 2.45) is 0 Å². The van der Waals surface area contributed by atoms with Gasteiger partial charge in [-0.15, -0.1) is 12.6 Å². The van der Waals surface area contributed by atoms with Gasteiger partial charge < -0.3 is 4.74 Å². The third-order valence-electron chi connectivity index (χ3n) is 0.541. The van der Waals surface area contributed by atoms with E-state index in [9.17, 15) is 4.79 Å². The average molecular weight is 152 g/mol. The molecule has 0 aromatic heterocycles. The standard InChI is InChI=1S/C4H8O2S2/c5-4(1-2-7)6-3-8/h7-8H,1-3H2. The largest absolute Gasteiger partial charge is 0.455 e. The normalized spacial score (nSPS) is 8.75. The number of esters is 1. The van der Waals surface area contributed by atoms with Crippen LogP contribution in [0.4, 0.5) is 0 Å². The lowest BCUT2D eigenvalue weighted by Gasteiger charge is -1.95. The van der Waals surface area contributed by atoms with Crippen molar-refractivity contribution in [3.63, 3.8) is 0 Å². The number of hydrogen-bond acceptors (Lipinski definition) is 4. The predicted molar refractivity (Wildman–Crippen MR) is 38.4 cm³/mol. The van der Waals surface area contributed by atoms with E-state index in [4.69, 9.17) is 0 Å². The number of carbonyl (C=O) groups is 1. The molecule has 0 atom stereocenters. The highest BCUT2D eigenvalue weighted by molar-refractivity contribution is 7.80. The van der Waals surface area contributed by atoms with Crippen molar-refractivity contribution in [3.8, 4) is 0 Å². The summed E-state index contributed by atoms with van der Waals surface area (Å²) < 4.78 is 4.46. The number of carbonyl (C=O) groups excluding carboxylic acids is 1. The summed E-state index contributed by atoms with van der Waals surface area (Å²) in [6.45, 7) is 0. The third kappa shape index (κ3) is 4.33. The van der Waals surface area contributed by atoms with E-state index in [2.05, 4.69) is 30.0 Å². The van der Waals surface area contributed by atoms with Crippen molar-refractivity contribution in [2.75, 3.05) is 11.7 Å². The quantitative estimate of drug-likeness (QED) is 0.354. The summed E-state index contributed by atoms with van der Waals surface area (Å²) in [6, 6.07) is 0. The molecule has 0 unspecified atom stereocenters. The fourth-order valence-electron chi connectivity index (χ4n) is 0.235. The molecule has 8 heavy (non-hydrogen) atoms. The van der Waals surface area contributed by atoms with Crippen LogP contribution in [-0.2, 0) is 9.53 Å². The first-order chi connectivity index (χ1) is 3.81. The van der Waals surface area contributed by atoms with Crippen molar-refractivity contribution >= 4 is 31.2 Å². The Hall–Kier alpha value is 0.170. The van der Waals surface area contributed by atoms with Gasteiger partial charge in [0.2, 0.25) is 0 Å². The molecule has 0 aromatic rings. The fraction of sp³-hybridized carbons (Fsp3) is 0.750. The second-order valence-electron chi connectivity index (χ2n) is 1.12. The minimum atomic E-state index is -0.241. The molecule has 0 bridgehead atoms. The maximum Gasteiger partial charge on any atom is 0.307 e. The molecule has 0 heterocycles. The highest BCUT2D eigenvalue weighted by Gasteiger charge is 1.96. The summed E-state index contributed by atoms with van der Waals surface area (Å²) in [7, 11) is 0. The number of hydrogen-bond donors (Lipinski definition) is 2. The lowest BCUT2D eigenvalue weighted by Crippen LogP contribution is -2.02. The molecule has 0 aromatic carbocycles. The van der Waals surface area contributed by atoms with Crippen LogP contribution >= 0.6 is 25.3 Å². The molecule has 0 saturated carbocycles. The Kier molecular flexibility index (Phi) is 5.42. The van der Waals surface area contributed by atoms with Crippen molar-refractivity contribution < 1.29 is 9.53 Å². The molecule has 4 heteroatoms. The Bertz CT molecular complexity index is 66.4. The van der Waals surface area contributed by atoms with Gasteiger partial charge in [-0.2, -0.15) is 12.6 Å². The van der Waals surface area contributed by atoms with Crippen molar-refractivity contribution in [2.45, 2.75) is 6.42 Å². The van der Waals surface area contributed by atoms with Gasteiger partial charge in [0.05, 0.1) is 6.42 Å². The van der Waals surface area contributed by atoms with Gasteiger partial charge in [0, 0.05) is 5.75 Å². The van der Waals surface area contributed by atoms with Gasteiger partial charge >= 0.3 is 5.97 Å². The first-order valence-electron chi connectivity index (χ1n) is 2.18. The highest BCUT2D eigenvalue weighted by atomic mass is 32.1. The Morgan fingerprint density at radius 1 is 1.50 bits per heavy atom. The van der Waals surface area contributed by atoms with E-state index in [1.165, 1.54) is 0 Å². The van der Waals surface area contributed by atoms with Crippen LogP contribution < -0.4 is 0 Å². The number of rotatable bonds is 3. The van der Waals surface area contributed by atoms with Gasteiger partial charge in [-0.25, -0.2) is 0 Å². The van der Waals surface area contributed by atoms with E-state index in [1.807, 2.05) is 0 Å². The van der Waals surface area contributed by atoms with Crippen LogP contribution in [0.1, 0.15) is 6.42 Å². The minimum Gasteiger partial charge on any atom is -0.455 e. The number of ether oxygens (including phenoxy) is 1. The topological polar surface area (TPSA) is 26.3 Å². The molecule has 0 radical (unpaired) electrons. The van der Waals surface area contributed by atoms with Gasteiger partial charge in [-0.1, -0.05) is 0 Å². The summed E-state index contributed by atoms with van der Waals surface area (Å²) in [4.78, 5) is 10.3. The molecule has 0 N–H and O–H groups in total. The molecular formula is C4H8O2S2. The Labute approximate surface area is 59.4 Å². The summed E-state index contributed by atoms with van der Waals surface area (Å²) in [5, 5.41) is 0. The van der Waals surface area contributed by atoms with E-state index >= 15 is 0 Å². The molecule has 0 spiro atoms. The van der Waals surface area contributed by atoms with Gasteiger partial charge in [-0.3, -0.25) is 4.79 Å². The van der Waals surface area contributed by atoms with E-state index < -0.39 is 0 Å². The zero-order chi connectivity index (χ0) is 6.41. The number of thiol groups is 2.